The molecule has 3 N–H and O–H groups in total. The normalized spacial score (nSPS) is 12.7. The van der Waals surface area contributed by atoms with Crippen molar-refractivity contribution in [1.82, 2.24) is 5.32 Å². The van der Waals surface area contributed by atoms with E-state index in [0.717, 1.165) is 11.1 Å². The van der Waals surface area contributed by atoms with Crippen molar-refractivity contribution in [1.29, 1.82) is 0 Å². The summed E-state index contributed by atoms with van der Waals surface area (Å²) >= 11 is 5.98. The highest BCUT2D eigenvalue weighted by atomic mass is 35.5. The van der Waals surface area contributed by atoms with E-state index in [2.05, 4.69) is 10.6 Å². The molecule has 0 bridgehead atoms. The molecule has 1 atom stereocenters. The van der Waals surface area contributed by atoms with Crippen LogP contribution >= 0.6 is 11.6 Å². The van der Waals surface area contributed by atoms with Crippen molar-refractivity contribution >= 4 is 23.3 Å². The predicted octanol–water partition coefficient (Wildman–Crippen LogP) is 5.04. The third-order valence-corrected chi connectivity index (χ3v) is 4.85. The van der Waals surface area contributed by atoms with Crippen molar-refractivity contribution in [3.63, 3.8) is 0 Å². The lowest BCUT2D eigenvalue weighted by Crippen LogP contribution is -2.40. The first-order chi connectivity index (χ1) is 13.9. The molecule has 150 valence electrons. The molecule has 1 unspecified atom stereocenters. The Kier molecular flexibility index (Phi) is 6.42. The zero-order valence-corrected chi connectivity index (χ0v) is 17.0. The SMILES string of the molecule is COc1ccc(Cl)cc1NC(=O)NCC(C)(O)c1ccc(-c2ccccc2)cc1. The highest BCUT2D eigenvalue weighted by Gasteiger charge is 2.24. The second kappa shape index (κ2) is 8.99. The number of aliphatic hydroxyl groups is 1. The van der Waals surface area contributed by atoms with E-state index < -0.39 is 11.6 Å². The lowest BCUT2D eigenvalue weighted by Gasteiger charge is -2.24. The number of amides is 2. The highest BCUT2D eigenvalue weighted by molar-refractivity contribution is 6.31. The first kappa shape index (κ1) is 20.7. The molecule has 3 aromatic carbocycles. The standard InChI is InChI=1S/C23H23ClN2O3/c1-23(28,18-10-8-17(9-11-18)16-6-4-3-5-7-16)15-25-22(27)26-20-14-19(24)12-13-21(20)29-2/h3-14,28H,15H2,1-2H3,(H2,25,26,27). The smallest absolute Gasteiger partial charge is 0.319 e. The zero-order valence-electron chi connectivity index (χ0n) is 16.3. The van der Waals surface area contributed by atoms with Crippen molar-refractivity contribution < 1.29 is 14.6 Å². The molecule has 6 heteroatoms. The maximum absolute atomic E-state index is 12.3. The lowest BCUT2D eigenvalue weighted by atomic mass is 9.94. The van der Waals surface area contributed by atoms with Crippen LogP contribution in [0.5, 0.6) is 5.75 Å². The Morgan fingerprint density at radius 2 is 1.69 bits per heavy atom. The van der Waals surface area contributed by atoms with E-state index in [1.807, 2.05) is 54.6 Å². The van der Waals surface area contributed by atoms with E-state index in [9.17, 15) is 9.90 Å². The van der Waals surface area contributed by atoms with Gasteiger partial charge in [-0.2, -0.15) is 0 Å². The van der Waals surface area contributed by atoms with Crippen LogP contribution in [0.25, 0.3) is 11.1 Å². The van der Waals surface area contributed by atoms with E-state index in [1.165, 1.54) is 7.11 Å². The number of nitrogens with one attached hydrogen (secondary N) is 2. The molecular weight excluding hydrogens is 388 g/mol. The molecule has 0 spiro atoms. The monoisotopic (exact) mass is 410 g/mol. The van der Waals surface area contributed by atoms with Crippen LogP contribution in [0.1, 0.15) is 12.5 Å². The van der Waals surface area contributed by atoms with Crippen LogP contribution in [0.3, 0.4) is 0 Å². The quantitative estimate of drug-likeness (QED) is 0.532. The summed E-state index contributed by atoms with van der Waals surface area (Å²) in [6, 6.07) is 22.1. The predicted molar refractivity (Wildman–Crippen MR) is 116 cm³/mol. The molecule has 0 aliphatic heterocycles. The molecule has 0 aliphatic rings. The van der Waals surface area contributed by atoms with E-state index >= 15 is 0 Å². The number of methoxy groups -OCH3 is 1. The number of ether oxygens (including phenoxy) is 1. The van der Waals surface area contributed by atoms with Crippen LogP contribution in [0.2, 0.25) is 5.02 Å². The average Bonchev–Trinajstić information content (AvgIpc) is 2.73. The number of benzene rings is 3. The fourth-order valence-corrected chi connectivity index (χ4v) is 3.12. The van der Waals surface area contributed by atoms with Gasteiger partial charge in [0.1, 0.15) is 11.4 Å². The van der Waals surface area contributed by atoms with Crippen molar-refractivity contribution in [2.75, 3.05) is 19.0 Å². The van der Waals surface area contributed by atoms with Gasteiger partial charge in [-0.3, -0.25) is 0 Å². The highest BCUT2D eigenvalue weighted by Crippen LogP contribution is 2.28. The number of hydrogen-bond acceptors (Lipinski definition) is 3. The minimum Gasteiger partial charge on any atom is -0.495 e. The number of carbonyl (C=O) groups is 1. The van der Waals surface area contributed by atoms with E-state index in [4.69, 9.17) is 16.3 Å². The maximum atomic E-state index is 12.3. The van der Waals surface area contributed by atoms with E-state index in [1.54, 1.807) is 25.1 Å². The van der Waals surface area contributed by atoms with Crippen molar-refractivity contribution in [3.05, 3.63) is 83.4 Å². The Balaban J connectivity index is 1.63. The van der Waals surface area contributed by atoms with Crippen molar-refractivity contribution in [2.24, 2.45) is 0 Å². The number of anilines is 1. The van der Waals surface area contributed by atoms with Crippen LogP contribution < -0.4 is 15.4 Å². The lowest BCUT2D eigenvalue weighted by molar-refractivity contribution is 0.0600. The third-order valence-electron chi connectivity index (χ3n) is 4.62. The van der Waals surface area contributed by atoms with Gasteiger partial charge in [0.05, 0.1) is 19.3 Å². The van der Waals surface area contributed by atoms with E-state index in [-0.39, 0.29) is 6.54 Å². The molecule has 29 heavy (non-hydrogen) atoms. The first-order valence-corrected chi connectivity index (χ1v) is 9.53. The molecule has 3 rings (SSSR count). The number of rotatable bonds is 6. The topological polar surface area (TPSA) is 70.6 Å². The molecule has 0 fully saturated rings. The van der Waals surface area contributed by atoms with Crippen LogP contribution in [0.4, 0.5) is 10.5 Å². The first-order valence-electron chi connectivity index (χ1n) is 9.16. The van der Waals surface area contributed by atoms with Crippen molar-refractivity contribution in [3.8, 4) is 16.9 Å². The summed E-state index contributed by atoms with van der Waals surface area (Å²) in [7, 11) is 1.51. The Labute approximate surface area is 175 Å². The Morgan fingerprint density at radius 1 is 1.03 bits per heavy atom. The van der Waals surface area contributed by atoms with E-state index in [0.29, 0.717) is 22.0 Å². The van der Waals surface area contributed by atoms with Gasteiger partial charge in [-0.1, -0.05) is 66.2 Å². The molecule has 0 radical (unpaired) electrons. The minimum atomic E-state index is -1.23. The van der Waals surface area contributed by atoms with Gasteiger partial charge in [0, 0.05) is 5.02 Å². The molecule has 3 aromatic rings. The maximum Gasteiger partial charge on any atom is 0.319 e. The summed E-state index contributed by atoms with van der Waals surface area (Å²) in [5.41, 5.74) is 2.09. The summed E-state index contributed by atoms with van der Waals surface area (Å²) < 4.78 is 5.21. The van der Waals surface area contributed by atoms with Crippen LogP contribution in [0.15, 0.2) is 72.8 Å². The summed E-state index contributed by atoms with van der Waals surface area (Å²) in [5, 5.41) is 16.7. The van der Waals surface area contributed by atoms with Gasteiger partial charge in [0.2, 0.25) is 0 Å². The van der Waals surface area contributed by atoms with Gasteiger partial charge in [-0.25, -0.2) is 4.79 Å². The molecule has 0 saturated heterocycles. The third kappa shape index (κ3) is 5.28. The Morgan fingerprint density at radius 3 is 2.34 bits per heavy atom. The van der Waals surface area contributed by atoms with Crippen LogP contribution in [-0.4, -0.2) is 24.8 Å². The fourth-order valence-electron chi connectivity index (χ4n) is 2.95. The van der Waals surface area contributed by atoms with Gasteiger partial charge >= 0.3 is 6.03 Å². The average molecular weight is 411 g/mol. The van der Waals surface area contributed by atoms with Crippen LogP contribution in [-0.2, 0) is 5.60 Å². The molecule has 5 nitrogen and oxygen atoms in total. The van der Waals surface area contributed by atoms with Crippen molar-refractivity contribution in [2.45, 2.75) is 12.5 Å². The fraction of sp³-hybridized carbons (Fsp3) is 0.174. The Hall–Kier alpha value is -3.02. The summed E-state index contributed by atoms with van der Waals surface area (Å²) in [4.78, 5) is 12.3. The van der Waals surface area contributed by atoms with Gasteiger partial charge in [0.25, 0.3) is 0 Å². The zero-order chi connectivity index (χ0) is 20.9. The number of hydrogen-bond donors (Lipinski definition) is 3. The summed E-state index contributed by atoms with van der Waals surface area (Å²) in [5.74, 6) is 0.493. The second-order valence-corrected chi connectivity index (χ2v) is 7.31. The number of carbonyl (C=O) groups excluding carboxylic acids is 1. The Bertz CT molecular complexity index is 973. The molecule has 0 aromatic heterocycles. The molecule has 0 heterocycles. The van der Waals surface area contributed by atoms with Gasteiger partial charge in [0.15, 0.2) is 0 Å². The van der Waals surface area contributed by atoms with Gasteiger partial charge < -0.3 is 20.5 Å². The summed E-state index contributed by atoms with van der Waals surface area (Å²) in [6.45, 7) is 1.69. The molecule has 0 aliphatic carbocycles. The van der Waals surface area contributed by atoms with Gasteiger partial charge in [-0.05, 0) is 41.8 Å². The molecular formula is C23H23ClN2O3. The number of urea groups is 1. The molecule has 2 amide bonds. The molecule has 0 saturated carbocycles. The van der Waals surface area contributed by atoms with Crippen LogP contribution in [0, 0.1) is 0 Å². The van der Waals surface area contributed by atoms with Gasteiger partial charge in [-0.15, -0.1) is 0 Å². The second-order valence-electron chi connectivity index (χ2n) is 6.87. The largest absolute Gasteiger partial charge is 0.495 e. The minimum absolute atomic E-state index is 0.0341. The summed E-state index contributed by atoms with van der Waals surface area (Å²) in [6.07, 6.45) is 0. The number of halogens is 1.